The molecule has 5 nitrogen and oxygen atoms in total. The summed E-state index contributed by atoms with van der Waals surface area (Å²) in [5.41, 5.74) is 0.805. The van der Waals surface area contributed by atoms with Crippen LogP contribution >= 0.6 is 0 Å². The summed E-state index contributed by atoms with van der Waals surface area (Å²) in [6.07, 6.45) is 10.4. The molecule has 0 radical (unpaired) electrons. The van der Waals surface area contributed by atoms with Crippen molar-refractivity contribution in [1.29, 1.82) is 0 Å². The Hall–Kier alpha value is -1.91. The zero-order valence-corrected chi connectivity index (χ0v) is 13.9. The zero-order chi connectivity index (χ0) is 16.5. The van der Waals surface area contributed by atoms with E-state index in [2.05, 4.69) is 22.5 Å². The number of hydrogen-bond acceptors (Lipinski definition) is 3. The number of aromatic nitrogens is 1. The van der Waals surface area contributed by atoms with Crippen LogP contribution in [0.3, 0.4) is 0 Å². The van der Waals surface area contributed by atoms with E-state index in [-0.39, 0.29) is 17.9 Å². The molecule has 0 aromatic carbocycles. The second kappa shape index (κ2) is 9.28. The van der Waals surface area contributed by atoms with Gasteiger partial charge in [0.15, 0.2) is 0 Å². The van der Waals surface area contributed by atoms with Gasteiger partial charge < -0.3 is 10.6 Å². The SMILES string of the molecule is CCCCNC(=O)c1ccnc(C(=O)NC2CCCCCC2)c1. The number of nitrogens with zero attached hydrogens (tertiary/aromatic N) is 1. The third-order valence-electron chi connectivity index (χ3n) is 4.26. The highest BCUT2D eigenvalue weighted by molar-refractivity contribution is 5.98. The molecule has 0 bridgehead atoms. The minimum absolute atomic E-state index is 0.149. The van der Waals surface area contributed by atoms with Gasteiger partial charge in [0.1, 0.15) is 5.69 Å². The van der Waals surface area contributed by atoms with Gasteiger partial charge in [-0.25, -0.2) is 0 Å². The minimum atomic E-state index is -0.180. The lowest BCUT2D eigenvalue weighted by atomic mass is 10.1. The molecule has 1 aliphatic rings. The predicted molar refractivity (Wildman–Crippen MR) is 90.4 cm³/mol. The molecule has 0 saturated heterocycles. The van der Waals surface area contributed by atoms with E-state index in [4.69, 9.17) is 0 Å². The number of amides is 2. The van der Waals surface area contributed by atoms with Gasteiger partial charge >= 0.3 is 0 Å². The predicted octanol–water partition coefficient (Wildman–Crippen LogP) is 3.06. The van der Waals surface area contributed by atoms with E-state index < -0.39 is 0 Å². The molecule has 0 aliphatic heterocycles. The Kier molecular flexibility index (Phi) is 7.04. The zero-order valence-electron chi connectivity index (χ0n) is 13.9. The van der Waals surface area contributed by atoms with Crippen LogP contribution in [0.1, 0.15) is 79.1 Å². The molecule has 1 fully saturated rings. The van der Waals surface area contributed by atoms with Crippen LogP contribution in [0.15, 0.2) is 18.3 Å². The van der Waals surface area contributed by atoms with E-state index in [1.165, 1.54) is 19.0 Å². The molecule has 1 saturated carbocycles. The normalized spacial score (nSPS) is 15.7. The largest absolute Gasteiger partial charge is 0.352 e. The fourth-order valence-corrected chi connectivity index (χ4v) is 2.86. The van der Waals surface area contributed by atoms with Crippen molar-refractivity contribution >= 4 is 11.8 Å². The lowest BCUT2D eigenvalue weighted by Crippen LogP contribution is -2.35. The minimum Gasteiger partial charge on any atom is -0.352 e. The Morgan fingerprint density at radius 3 is 2.61 bits per heavy atom. The summed E-state index contributed by atoms with van der Waals surface area (Å²) in [7, 11) is 0. The molecule has 1 aromatic rings. The number of pyridine rings is 1. The molecule has 2 amide bonds. The summed E-state index contributed by atoms with van der Waals surface area (Å²) in [6.45, 7) is 2.73. The maximum atomic E-state index is 12.4. The van der Waals surface area contributed by atoms with Gasteiger partial charge in [-0.05, 0) is 31.4 Å². The van der Waals surface area contributed by atoms with Crippen LogP contribution in [-0.4, -0.2) is 29.4 Å². The Balaban J connectivity index is 1.94. The molecule has 23 heavy (non-hydrogen) atoms. The van der Waals surface area contributed by atoms with Crippen molar-refractivity contribution in [2.45, 2.75) is 64.3 Å². The van der Waals surface area contributed by atoms with Gasteiger partial charge in [0.2, 0.25) is 0 Å². The van der Waals surface area contributed by atoms with Crippen molar-refractivity contribution < 1.29 is 9.59 Å². The summed E-state index contributed by atoms with van der Waals surface area (Å²) in [6, 6.07) is 3.45. The Morgan fingerprint density at radius 1 is 1.17 bits per heavy atom. The summed E-state index contributed by atoms with van der Waals surface area (Å²) in [5, 5.41) is 5.92. The first kappa shape index (κ1) is 17.4. The monoisotopic (exact) mass is 317 g/mol. The van der Waals surface area contributed by atoms with Crippen molar-refractivity contribution in [3.05, 3.63) is 29.6 Å². The number of unbranched alkanes of at least 4 members (excludes halogenated alkanes) is 1. The lowest BCUT2D eigenvalue weighted by Gasteiger charge is -2.16. The smallest absolute Gasteiger partial charge is 0.270 e. The fourth-order valence-electron chi connectivity index (χ4n) is 2.86. The van der Waals surface area contributed by atoms with Gasteiger partial charge in [-0.1, -0.05) is 39.0 Å². The maximum absolute atomic E-state index is 12.4. The van der Waals surface area contributed by atoms with E-state index in [0.29, 0.717) is 17.8 Å². The van der Waals surface area contributed by atoms with Crippen LogP contribution < -0.4 is 10.6 Å². The second-order valence-corrected chi connectivity index (χ2v) is 6.20. The van der Waals surface area contributed by atoms with Gasteiger partial charge in [0, 0.05) is 24.3 Å². The average Bonchev–Trinajstić information content (AvgIpc) is 2.84. The Morgan fingerprint density at radius 2 is 1.91 bits per heavy atom. The van der Waals surface area contributed by atoms with Crippen molar-refractivity contribution in [1.82, 2.24) is 15.6 Å². The van der Waals surface area contributed by atoms with Crippen LogP contribution in [0, 0.1) is 0 Å². The molecular formula is C18H27N3O2. The lowest BCUT2D eigenvalue weighted by molar-refractivity contribution is 0.0928. The van der Waals surface area contributed by atoms with E-state index in [0.717, 1.165) is 38.5 Å². The quantitative estimate of drug-likeness (QED) is 0.626. The highest BCUT2D eigenvalue weighted by Gasteiger charge is 2.17. The molecule has 0 atom stereocenters. The first-order chi connectivity index (χ1) is 11.2. The molecule has 1 aromatic heterocycles. The molecule has 5 heteroatoms. The fraction of sp³-hybridized carbons (Fsp3) is 0.611. The van der Waals surface area contributed by atoms with Crippen LogP contribution in [0.25, 0.3) is 0 Å². The second-order valence-electron chi connectivity index (χ2n) is 6.20. The van der Waals surface area contributed by atoms with Gasteiger partial charge in [-0.2, -0.15) is 0 Å². The van der Waals surface area contributed by atoms with Crippen molar-refractivity contribution in [3.8, 4) is 0 Å². The molecule has 0 unspecified atom stereocenters. The van der Waals surface area contributed by atoms with Crippen molar-refractivity contribution in [3.63, 3.8) is 0 Å². The third-order valence-corrected chi connectivity index (χ3v) is 4.26. The first-order valence-corrected chi connectivity index (χ1v) is 8.76. The van der Waals surface area contributed by atoms with Crippen molar-refractivity contribution in [2.75, 3.05) is 6.54 Å². The molecule has 2 rings (SSSR count). The van der Waals surface area contributed by atoms with Crippen molar-refractivity contribution in [2.24, 2.45) is 0 Å². The van der Waals surface area contributed by atoms with Gasteiger partial charge in [-0.3, -0.25) is 14.6 Å². The first-order valence-electron chi connectivity index (χ1n) is 8.76. The number of carbonyl (C=O) groups excluding carboxylic acids is 2. The summed E-state index contributed by atoms with van der Waals surface area (Å²) in [5.74, 6) is -0.329. The number of nitrogens with one attached hydrogen (secondary N) is 2. The molecule has 0 spiro atoms. The van der Waals surface area contributed by atoms with Crippen LogP contribution in [0.2, 0.25) is 0 Å². The third kappa shape index (κ3) is 5.66. The Labute approximate surface area is 138 Å². The Bertz CT molecular complexity index is 523. The average molecular weight is 317 g/mol. The van der Waals surface area contributed by atoms with Crippen LogP contribution in [0.5, 0.6) is 0 Å². The number of carbonyl (C=O) groups is 2. The number of rotatable bonds is 6. The molecule has 1 aliphatic carbocycles. The highest BCUT2D eigenvalue weighted by atomic mass is 16.2. The highest BCUT2D eigenvalue weighted by Crippen LogP contribution is 2.17. The van der Waals surface area contributed by atoms with Crippen LogP contribution in [-0.2, 0) is 0 Å². The maximum Gasteiger partial charge on any atom is 0.270 e. The molecule has 1 heterocycles. The molecular weight excluding hydrogens is 290 g/mol. The summed E-state index contributed by atoms with van der Waals surface area (Å²) >= 11 is 0. The molecule has 126 valence electrons. The van der Waals surface area contributed by atoms with Gasteiger partial charge in [-0.15, -0.1) is 0 Å². The topological polar surface area (TPSA) is 71.1 Å². The number of hydrogen-bond donors (Lipinski definition) is 2. The van der Waals surface area contributed by atoms with Gasteiger partial charge in [0.25, 0.3) is 11.8 Å². The summed E-state index contributed by atoms with van der Waals surface area (Å²) in [4.78, 5) is 28.5. The standard InChI is InChI=1S/C18H27N3O2/c1-2-3-11-20-17(22)14-10-12-19-16(13-14)18(23)21-15-8-6-4-5-7-9-15/h10,12-13,15H,2-9,11H2,1H3,(H,20,22)(H,21,23). The summed E-state index contributed by atoms with van der Waals surface area (Å²) < 4.78 is 0. The van der Waals surface area contributed by atoms with Crippen LogP contribution in [0.4, 0.5) is 0 Å². The van der Waals surface area contributed by atoms with E-state index in [9.17, 15) is 9.59 Å². The van der Waals surface area contributed by atoms with E-state index in [1.54, 1.807) is 12.1 Å². The molecule has 2 N–H and O–H groups in total. The van der Waals surface area contributed by atoms with E-state index in [1.807, 2.05) is 0 Å². The van der Waals surface area contributed by atoms with Gasteiger partial charge in [0.05, 0.1) is 0 Å². The van der Waals surface area contributed by atoms with E-state index >= 15 is 0 Å².